The minimum Gasteiger partial charge on any atom is -0.395 e. The molecule has 1 amide bonds. The zero-order valence-corrected chi connectivity index (χ0v) is 17.9. The number of benzene rings is 2. The van der Waals surface area contributed by atoms with E-state index in [1.165, 1.54) is 24.3 Å². The van der Waals surface area contributed by atoms with Gasteiger partial charge in [0.05, 0.1) is 24.8 Å². The molecule has 3 rings (SSSR count). The Bertz CT molecular complexity index is 1120. The first-order chi connectivity index (χ1) is 16.0. The zero-order valence-electron chi connectivity index (χ0n) is 17.9. The molecule has 2 aromatic carbocycles. The average molecular weight is 484 g/mol. The molecule has 0 unspecified atom stereocenters. The largest absolute Gasteiger partial charge is 0.416 e. The van der Waals surface area contributed by atoms with Crippen LogP contribution < -0.4 is 0 Å². The normalized spacial score (nSPS) is 14.5. The highest BCUT2D eigenvalue weighted by Crippen LogP contribution is 2.34. The molecule has 0 aliphatic heterocycles. The van der Waals surface area contributed by atoms with Crippen molar-refractivity contribution >= 4 is 5.91 Å². The van der Waals surface area contributed by atoms with Gasteiger partial charge < -0.3 is 15.1 Å². The van der Waals surface area contributed by atoms with E-state index in [4.69, 9.17) is 0 Å². The van der Waals surface area contributed by atoms with Crippen LogP contribution in [0.2, 0.25) is 0 Å². The summed E-state index contributed by atoms with van der Waals surface area (Å²) in [4.78, 5) is 18.0. The van der Waals surface area contributed by atoms with E-state index in [0.29, 0.717) is 6.07 Å². The van der Waals surface area contributed by atoms with Crippen LogP contribution in [-0.4, -0.2) is 55.0 Å². The number of nitrogens with zero attached hydrogens (tertiary/aromatic N) is 4. The maximum Gasteiger partial charge on any atom is 0.416 e. The summed E-state index contributed by atoms with van der Waals surface area (Å²) in [6.45, 7) is 0.0852. The zero-order chi connectivity index (χ0) is 25.1. The summed E-state index contributed by atoms with van der Waals surface area (Å²) >= 11 is 0. The van der Waals surface area contributed by atoms with Gasteiger partial charge >= 0.3 is 6.18 Å². The van der Waals surface area contributed by atoms with E-state index in [2.05, 4.69) is 10.1 Å². The number of halogens is 5. The lowest BCUT2D eigenvalue weighted by Crippen LogP contribution is -2.54. The highest BCUT2D eigenvalue weighted by molar-refractivity contribution is 5.94. The summed E-state index contributed by atoms with van der Waals surface area (Å²) < 4.78 is 68.1. The van der Waals surface area contributed by atoms with Gasteiger partial charge in [-0.1, -0.05) is 6.07 Å². The van der Waals surface area contributed by atoms with E-state index in [1.54, 1.807) is 0 Å². The van der Waals surface area contributed by atoms with E-state index in [9.17, 15) is 37.0 Å². The molecule has 0 saturated carbocycles. The molecular formula is C22H21F5N4O3. The van der Waals surface area contributed by atoms with Crippen molar-refractivity contribution in [1.82, 2.24) is 19.7 Å². The van der Waals surface area contributed by atoms with Gasteiger partial charge in [0.25, 0.3) is 5.91 Å². The van der Waals surface area contributed by atoms with E-state index >= 15 is 0 Å². The molecule has 0 spiro atoms. The summed E-state index contributed by atoms with van der Waals surface area (Å²) in [5.74, 6) is -2.78. The molecule has 1 aromatic heterocycles. The Labute approximate surface area is 191 Å². The summed E-state index contributed by atoms with van der Waals surface area (Å²) in [6, 6.07) is 4.69. The van der Waals surface area contributed by atoms with Gasteiger partial charge in [0, 0.05) is 23.7 Å². The fraction of sp³-hybridized carbons (Fsp3) is 0.318. The predicted octanol–water partition coefficient (Wildman–Crippen LogP) is 2.99. The monoisotopic (exact) mass is 484 g/mol. The quantitative estimate of drug-likeness (QED) is 0.480. The molecule has 1 heterocycles. The molecule has 34 heavy (non-hydrogen) atoms. The second-order valence-corrected chi connectivity index (χ2v) is 7.61. The van der Waals surface area contributed by atoms with Crippen LogP contribution in [0.1, 0.15) is 28.4 Å². The van der Waals surface area contributed by atoms with Gasteiger partial charge in [-0.15, -0.1) is 0 Å². The highest BCUT2D eigenvalue weighted by atomic mass is 19.4. The molecule has 182 valence electrons. The van der Waals surface area contributed by atoms with Gasteiger partial charge in [0.15, 0.2) is 0 Å². The third-order valence-electron chi connectivity index (χ3n) is 5.49. The van der Waals surface area contributed by atoms with Crippen molar-refractivity contribution in [2.75, 3.05) is 13.2 Å². The molecular weight excluding hydrogens is 463 g/mol. The van der Waals surface area contributed by atoms with Gasteiger partial charge in [-0.05, 0) is 37.3 Å². The number of amides is 1. The number of aromatic nitrogens is 3. The Hall–Kier alpha value is -3.38. The molecule has 2 N–H and O–H groups in total. The van der Waals surface area contributed by atoms with E-state index in [1.807, 2.05) is 0 Å². The lowest BCUT2D eigenvalue weighted by Gasteiger charge is -2.41. The highest BCUT2D eigenvalue weighted by Gasteiger charge is 2.43. The lowest BCUT2D eigenvalue weighted by atomic mass is 9.85. The van der Waals surface area contributed by atoms with Crippen LogP contribution in [0.3, 0.4) is 0 Å². The first kappa shape index (κ1) is 25.2. The number of alkyl halides is 3. The number of carbonyl (C=O) groups excluding carboxylic acids is 1. The third kappa shape index (κ3) is 5.23. The van der Waals surface area contributed by atoms with Gasteiger partial charge in [-0.3, -0.25) is 4.79 Å². The number of hydrogen-bond donors (Lipinski definition) is 2. The Morgan fingerprint density at radius 1 is 1.15 bits per heavy atom. The molecule has 0 aliphatic rings. The predicted molar refractivity (Wildman–Crippen MR) is 109 cm³/mol. The van der Waals surface area contributed by atoms with Crippen molar-refractivity contribution in [2.24, 2.45) is 0 Å². The van der Waals surface area contributed by atoms with E-state index in [0.717, 1.165) is 41.3 Å². The fourth-order valence-electron chi connectivity index (χ4n) is 3.65. The van der Waals surface area contributed by atoms with Gasteiger partial charge in [0.2, 0.25) is 0 Å². The van der Waals surface area contributed by atoms with Crippen LogP contribution in [0, 0.1) is 11.6 Å². The Balaban J connectivity index is 2.03. The maximum atomic E-state index is 14.8. The number of aliphatic hydroxyl groups is 2. The SMILES string of the molecule is C[C@H](N(CCO)C(=O)c1ccc(C(F)(F)F)cc1)[C@@](O)(Cn1cncn1)c1ccc(F)cc1F. The minimum absolute atomic E-state index is 0.143. The average Bonchev–Trinajstić information content (AvgIpc) is 3.28. The van der Waals surface area contributed by atoms with Crippen molar-refractivity contribution in [2.45, 2.75) is 31.3 Å². The number of carbonyl (C=O) groups is 1. The first-order valence-electron chi connectivity index (χ1n) is 10.1. The summed E-state index contributed by atoms with van der Waals surface area (Å²) in [5, 5.41) is 25.1. The van der Waals surface area contributed by atoms with Crippen molar-refractivity contribution in [3.05, 3.63) is 83.4 Å². The molecule has 12 heteroatoms. The molecule has 0 aliphatic carbocycles. The van der Waals surface area contributed by atoms with Crippen LogP contribution in [0.5, 0.6) is 0 Å². The van der Waals surface area contributed by atoms with Crippen LogP contribution in [-0.2, 0) is 18.3 Å². The van der Waals surface area contributed by atoms with Crippen molar-refractivity contribution in [3.8, 4) is 0 Å². The first-order valence-corrected chi connectivity index (χ1v) is 10.1. The van der Waals surface area contributed by atoms with Gasteiger partial charge in [-0.25, -0.2) is 18.4 Å². The summed E-state index contributed by atoms with van der Waals surface area (Å²) in [5.41, 5.74) is -3.64. The third-order valence-corrected chi connectivity index (χ3v) is 5.49. The molecule has 7 nitrogen and oxygen atoms in total. The van der Waals surface area contributed by atoms with Crippen molar-refractivity contribution < 1.29 is 37.0 Å². The number of hydrogen-bond acceptors (Lipinski definition) is 5. The van der Waals surface area contributed by atoms with Gasteiger partial charge in [-0.2, -0.15) is 18.3 Å². The molecule has 2 atom stereocenters. The minimum atomic E-state index is -4.60. The van der Waals surface area contributed by atoms with Crippen LogP contribution in [0.4, 0.5) is 22.0 Å². The Morgan fingerprint density at radius 3 is 2.35 bits per heavy atom. The van der Waals surface area contributed by atoms with Crippen LogP contribution in [0.25, 0.3) is 0 Å². The molecule has 0 saturated heterocycles. The second kappa shape index (κ2) is 9.85. The van der Waals surface area contributed by atoms with E-state index < -0.39 is 54.1 Å². The molecule has 3 aromatic rings. The topological polar surface area (TPSA) is 91.5 Å². The Kier molecular flexibility index (Phi) is 7.32. The molecule has 0 bridgehead atoms. The summed E-state index contributed by atoms with van der Waals surface area (Å²) in [6.07, 6.45) is -2.18. The van der Waals surface area contributed by atoms with Crippen LogP contribution in [0.15, 0.2) is 55.1 Å². The van der Waals surface area contributed by atoms with Crippen LogP contribution >= 0.6 is 0 Å². The van der Waals surface area contributed by atoms with Gasteiger partial charge in [0.1, 0.15) is 29.9 Å². The van der Waals surface area contributed by atoms with E-state index in [-0.39, 0.29) is 17.7 Å². The summed E-state index contributed by atoms with van der Waals surface area (Å²) in [7, 11) is 0. The molecule has 0 fully saturated rings. The fourth-order valence-corrected chi connectivity index (χ4v) is 3.65. The molecule has 0 radical (unpaired) electrons. The number of rotatable bonds is 8. The lowest BCUT2D eigenvalue weighted by molar-refractivity contribution is -0.137. The smallest absolute Gasteiger partial charge is 0.395 e. The van der Waals surface area contributed by atoms with Crippen molar-refractivity contribution in [1.29, 1.82) is 0 Å². The maximum absolute atomic E-state index is 14.8. The number of aliphatic hydroxyl groups excluding tert-OH is 1. The Morgan fingerprint density at radius 2 is 1.82 bits per heavy atom. The second-order valence-electron chi connectivity index (χ2n) is 7.61. The van der Waals surface area contributed by atoms with Crippen molar-refractivity contribution in [3.63, 3.8) is 0 Å². The standard InChI is InChI=1S/C22H21F5N4O3/c1-14(31(8-9-32)20(33)15-2-4-16(5-3-15)22(25,26)27)21(34,11-30-13-28-12-29-30)18-7-6-17(23)10-19(18)24/h2-7,10,12-14,32,34H,8-9,11H2,1H3/t14-,21-/m0/s1.